The van der Waals surface area contributed by atoms with Gasteiger partial charge < -0.3 is 5.73 Å². The minimum atomic E-state index is 0.227. The summed E-state index contributed by atoms with van der Waals surface area (Å²) in [4.78, 5) is 2.32. The Hall–Kier alpha value is -0.0900. The van der Waals surface area contributed by atoms with E-state index in [-0.39, 0.29) is 6.04 Å². The topological polar surface area (TPSA) is 29.3 Å². The lowest BCUT2D eigenvalue weighted by atomic mass is 10.0. The summed E-state index contributed by atoms with van der Waals surface area (Å²) in [6.07, 6.45) is 1.18. The summed E-state index contributed by atoms with van der Waals surface area (Å²) in [5.41, 5.74) is 7.14. The van der Waals surface area contributed by atoms with E-state index in [0.29, 0.717) is 12.5 Å². The molecule has 0 fully saturated rings. The first-order valence-corrected chi connectivity index (χ1v) is 7.51. The van der Waals surface area contributed by atoms with Crippen LogP contribution in [-0.4, -0.2) is 25.0 Å². The summed E-state index contributed by atoms with van der Waals surface area (Å²) in [6, 6.07) is 6.13. The average molecular weight is 334 g/mol. The molecule has 18 heavy (non-hydrogen) atoms. The summed E-state index contributed by atoms with van der Waals surface area (Å²) in [7, 11) is 2.13. The van der Waals surface area contributed by atoms with Gasteiger partial charge in [0.1, 0.15) is 0 Å². The minimum absolute atomic E-state index is 0.227. The van der Waals surface area contributed by atoms with Crippen molar-refractivity contribution < 1.29 is 0 Å². The van der Waals surface area contributed by atoms with E-state index in [1.54, 1.807) is 0 Å². The zero-order chi connectivity index (χ0) is 13.7. The molecule has 4 heteroatoms. The number of nitrogens with two attached hydrogens (primary N) is 1. The number of hydrogen-bond acceptors (Lipinski definition) is 2. The van der Waals surface area contributed by atoms with Gasteiger partial charge in [-0.3, -0.25) is 4.90 Å². The monoisotopic (exact) mass is 332 g/mol. The van der Waals surface area contributed by atoms with Crippen molar-refractivity contribution in [3.05, 3.63) is 33.3 Å². The summed E-state index contributed by atoms with van der Waals surface area (Å²) in [6.45, 7) is 6.13. The van der Waals surface area contributed by atoms with Gasteiger partial charge in [-0.2, -0.15) is 0 Å². The summed E-state index contributed by atoms with van der Waals surface area (Å²) < 4.78 is 1.03. The fourth-order valence-electron chi connectivity index (χ4n) is 2.06. The molecule has 1 rings (SSSR count). The molecule has 0 aliphatic carbocycles. The fraction of sp³-hybridized carbons (Fsp3) is 0.571. The molecule has 0 heterocycles. The van der Waals surface area contributed by atoms with Gasteiger partial charge in [0, 0.05) is 28.6 Å². The van der Waals surface area contributed by atoms with Crippen molar-refractivity contribution in [1.29, 1.82) is 0 Å². The lowest BCUT2D eigenvalue weighted by molar-refractivity contribution is 0.214. The second-order valence-electron chi connectivity index (χ2n) is 4.87. The van der Waals surface area contributed by atoms with Crippen molar-refractivity contribution in [3.8, 4) is 0 Å². The van der Waals surface area contributed by atoms with Crippen LogP contribution in [0.4, 0.5) is 0 Å². The smallest absolute Gasteiger partial charge is 0.0478 e. The molecule has 2 nitrogen and oxygen atoms in total. The molecule has 2 atom stereocenters. The zero-order valence-corrected chi connectivity index (χ0v) is 13.6. The first-order chi connectivity index (χ1) is 8.49. The molecule has 102 valence electrons. The Bertz CT molecular complexity index is 384. The van der Waals surface area contributed by atoms with Crippen LogP contribution < -0.4 is 5.73 Å². The van der Waals surface area contributed by atoms with Crippen molar-refractivity contribution in [1.82, 2.24) is 4.90 Å². The van der Waals surface area contributed by atoms with Gasteiger partial charge in [-0.25, -0.2) is 0 Å². The molecule has 0 aliphatic heterocycles. The Kier molecular flexibility index (Phi) is 6.64. The van der Waals surface area contributed by atoms with Crippen LogP contribution in [0, 0.1) is 5.92 Å². The molecule has 0 amide bonds. The van der Waals surface area contributed by atoms with Gasteiger partial charge in [0.2, 0.25) is 0 Å². The highest BCUT2D eigenvalue weighted by atomic mass is 79.9. The highest BCUT2D eigenvalue weighted by Crippen LogP contribution is 2.29. The van der Waals surface area contributed by atoms with Gasteiger partial charge in [0.25, 0.3) is 0 Å². The van der Waals surface area contributed by atoms with Crippen molar-refractivity contribution >= 4 is 27.5 Å². The zero-order valence-electron chi connectivity index (χ0n) is 11.3. The van der Waals surface area contributed by atoms with Gasteiger partial charge in [-0.15, -0.1) is 0 Å². The predicted octanol–water partition coefficient (Wildman–Crippen LogP) is 4.08. The fourth-order valence-corrected chi connectivity index (χ4v) is 3.01. The molecule has 1 aromatic carbocycles. The van der Waals surface area contributed by atoms with E-state index in [0.717, 1.165) is 16.0 Å². The molecule has 0 spiro atoms. The van der Waals surface area contributed by atoms with Crippen molar-refractivity contribution in [3.63, 3.8) is 0 Å². The Balaban J connectivity index is 2.88. The third kappa shape index (κ3) is 4.23. The molecule has 2 N–H and O–H groups in total. The number of benzene rings is 1. The SMILES string of the molecule is CCC(C)CN(C)C(CN)c1ccc(Cl)cc1Br. The first kappa shape index (κ1) is 16.0. The van der Waals surface area contributed by atoms with Crippen LogP contribution in [0.3, 0.4) is 0 Å². The summed E-state index contributed by atoms with van der Waals surface area (Å²) in [5.74, 6) is 0.676. The van der Waals surface area contributed by atoms with Gasteiger partial charge in [-0.05, 0) is 30.7 Å². The lowest BCUT2D eigenvalue weighted by Gasteiger charge is -2.30. The molecular formula is C14H22BrClN2. The minimum Gasteiger partial charge on any atom is -0.329 e. The molecule has 0 radical (unpaired) electrons. The lowest BCUT2D eigenvalue weighted by Crippen LogP contribution is -2.33. The Morgan fingerprint density at radius 1 is 1.44 bits per heavy atom. The number of rotatable bonds is 6. The Morgan fingerprint density at radius 3 is 2.61 bits per heavy atom. The molecule has 0 aromatic heterocycles. The van der Waals surface area contributed by atoms with E-state index in [1.165, 1.54) is 12.0 Å². The second-order valence-corrected chi connectivity index (χ2v) is 6.16. The van der Waals surface area contributed by atoms with Crippen molar-refractivity contribution in [2.45, 2.75) is 26.3 Å². The van der Waals surface area contributed by atoms with E-state index in [2.05, 4.69) is 47.8 Å². The van der Waals surface area contributed by atoms with Crippen LogP contribution >= 0.6 is 27.5 Å². The van der Waals surface area contributed by atoms with E-state index < -0.39 is 0 Å². The van der Waals surface area contributed by atoms with Gasteiger partial charge in [0.05, 0.1) is 0 Å². The third-order valence-electron chi connectivity index (χ3n) is 3.37. The molecule has 1 aromatic rings. The molecule has 0 saturated carbocycles. The van der Waals surface area contributed by atoms with Gasteiger partial charge in [-0.1, -0.05) is 53.9 Å². The standard InChI is InChI=1S/C14H22BrClN2/c1-4-10(2)9-18(3)14(8-17)12-6-5-11(16)7-13(12)15/h5-7,10,14H,4,8-9,17H2,1-3H3. The second kappa shape index (κ2) is 7.49. The highest BCUT2D eigenvalue weighted by Gasteiger charge is 2.19. The molecule has 0 aliphatic rings. The van der Waals surface area contributed by atoms with Crippen LogP contribution in [0.5, 0.6) is 0 Å². The summed E-state index contributed by atoms with van der Waals surface area (Å²) in [5, 5.41) is 0.742. The predicted molar refractivity (Wildman–Crippen MR) is 83.0 cm³/mol. The summed E-state index contributed by atoms with van der Waals surface area (Å²) >= 11 is 9.55. The Morgan fingerprint density at radius 2 is 2.11 bits per heavy atom. The van der Waals surface area contributed by atoms with E-state index in [1.807, 2.05) is 12.1 Å². The maximum absolute atomic E-state index is 5.98. The van der Waals surface area contributed by atoms with Crippen LogP contribution in [0.15, 0.2) is 22.7 Å². The molecule has 0 saturated heterocycles. The van der Waals surface area contributed by atoms with Gasteiger partial charge in [0.15, 0.2) is 0 Å². The van der Waals surface area contributed by atoms with Crippen molar-refractivity contribution in [2.24, 2.45) is 11.7 Å². The molecule has 2 unspecified atom stereocenters. The number of nitrogens with zero attached hydrogens (tertiary/aromatic N) is 1. The average Bonchev–Trinajstić information content (AvgIpc) is 2.32. The third-order valence-corrected chi connectivity index (χ3v) is 4.30. The van der Waals surface area contributed by atoms with Gasteiger partial charge >= 0.3 is 0 Å². The maximum atomic E-state index is 5.98. The molecule has 0 bridgehead atoms. The molecular weight excluding hydrogens is 312 g/mol. The normalized spacial score (nSPS) is 14.8. The quantitative estimate of drug-likeness (QED) is 0.850. The number of halogens is 2. The van der Waals surface area contributed by atoms with Crippen LogP contribution in [0.1, 0.15) is 31.9 Å². The maximum Gasteiger partial charge on any atom is 0.0478 e. The first-order valence-electron chi connectivity index (χ1n) is 6.34. The van der Waals surface area contributed by atoms with Crippen LogP contribution in [0.2, 0.25) is 5.02 Å². The van der Waals surface area contributed by atoms with E-state index >= 15 is 0 Å². The highest BCUT2D eigenvalue weighted by molar-refractivity contribution is 9.10. The largest absolute Gasteiger partial charge is 0.329 e. The number of hydrogen-bond donors (Lipinski definition) is 1. The van der Waals surface area contributed by atoms with E-state index in [9.17, 15) is 0 Å². The van der Waals surface area contributed by atoms with Crippen molar-refractivity contribution in [2.75, 3.05) is 20.1 Å². The van der Waals surface area contributed by atoms with Crippen LogP contribution in [-0.2, 0) is 0 Å². The van der Waals surface area contributed by atoms with Crippen LogP contribution in [0.25, 0.3) is 0 Å². The van der Waals surface area contributed by atoms with E-state index in [4.69, 9.17) is 17.3 Å². The Labute approximate surface area is 124 Å². The number of likely N-dealkylation sites (N-methyl/N-ethyl adjacent to an activating group) is 1.